The summed E-state index contributed by atoms with van der Waals surface area (Å²) in [6, 6.07) is 6.80. The van der Waals surface area contributed by atoms with Crippen molar-refractivity contribution in [2.24, 2.45) is 0 Å². The second-order valence-electron chi connectivity index (χ2n) is 3.24. The third-order valence-electron chi connectivity index (χ3n) is 1.95. The molecule has 1 aromatic rings. The third-order valence-corrected chi connectivity index (χ3v) is 3.10. The van der Waals surface area contributed by atoms with Crippen LogP contribution >= 0.6 is 0 Å². The number of benzene rings is 1. The van der Waals surface area contributed by atoms with Gasteiger partial charge in [0, 0.05) is 6.54 Å². The first kappa shape index (κ1) is 12.5. The molecule has 0 radical (unpaired) electrons. The van der Waals surface area contributed by atoms with Gasteiger partial charge < -0.3 is 0 Å². The van der Waals surface area contributed by atoms with Gasteiger partial charge in [-0.2, -0.15) is 18.4 Å². The van der Waals surface area contributed by atoms with Gasteiger partial charge in [-0.15, -0.1) is 0 Å². The quantitative estimate of drug-likeness (QED) is 0.826. The Kier molecular flexibility index (Phi) is 3.88. The SMILES string of the molecule is CCNS(=O)(=O)Nc1cc(C#N)ccc1C. The highest BCUT2D eigenvalue weighted by atomic mass is 32.2. The molecular weight excluding hydrogens is 226 g/mol. The van der Waals surface area contributed by atoms with Crippen molar-refractivity contribution < 1.29 is 8.42 Å². The van der Waals surface area contributed by atoms with E-state index in [1.165, 1.54) is 6.07 Å². The van der Waals surface area contributed by atoms with E-state index < -0.39 is 10.2 Å². The van der Waals surface area contributed by atoms with E-state index in [1.807, 2.05) is 6.07 Å². The van der Waals surface area contributed by atoms with Crippen molar-refractivity contribution >= 4 is 15.9 Å². The standard InChI is InChI=1S/C10H13N3O2S/c1-3-12-16(14,15)13-10-6-9(7-11)5-4-8(10)2/h4-6,12-13H,3H2,1-2H3. The summed E-state index contributed by atoms with van der Waals surface area (Å²) in [7, 11) is -3.54. The molecule has 0 bridgehead atoms. The number of nitrogens with zero attached hydrogens (tertiary/aromatic N) is 1. The average molecular weight is 239 g/mol. The van der Waals surface area contributed by atoms with Crippen molar-refractivity contribution in [2.75, 3.05) is 11.3 Å². The number of aryl methyl sites for hydroxylation is 1. The number of hydrogen-bond donors (Lipinski definition) is 2. The van der Waals surface area contributed by atoms with E-state index in [0.29, 0.717) is 17.8 Å². The Bertz CT molecular complexity index is 517. The number of anilines is 1. The Morgan fingerprint density at radius 1 is 1.44 bits per heavy atom. The Hall–Kier alpha value is -1.58. The molecule has 0 unspecified atom stereocenters. The van der Waals surface area contributed by atoms with Gasteiger partial charge in [0.05, 0.1) is 17.3 Å². The van der Waals surface area contributed by atoms with Crippen molar-refractivity contribution in [3.8, 4) is 6.07 Å². The molecule has 0 saturated carbocycles. The van der Waals surface area contributed by atoms with Crippen molar-refractivity contribution in [3.63, 3.8) is 0 Å². The van der Waals surface area contributed by atoms with Crippen LogP contribution in [0, 0.1) is 18.3 Å². The number of nitrogens with one attached hydrogen (secondary N) is 2. The smallest absolute Gasteiger partial charge is 0.271 e. The molecule has 1 aromatic carbocycles. The molecule has 0 aliphatic rings. The third kappa shape index (κ3) is 3.22. The lowest BCUT2D eigenvalue weighted by molar-refractivity contribution is 0.589. The van der Waals surface area contributed by atoms with Crippen LogP contribution in [0.1, 0.15) is 18.1 Å². The second-order valence-corrected chi connectivity index (χ2v) is 4.74. The minimum absolute atomic E-state index is 0.312. The minimum atomic E-state index is -3.54. The van der Waals surface area contributed by atoms with Crippen molar-refractivity contribution in [2.45, 2.75) is 13.8 Å². The molecule has 86 valence electrons. The first-order valence-corrected chi connectivity index (χ1v) is 6.25. The highest BCUT2D eigenvalue weighted by Crippen LogP contribution is 2.17. The summed E-state index contributed by atoms with van der Waals surface area (Å²) in [6.07, 6.45) is 0. The van der Waals surface area contributed by atoms with Crippen LogP contribution in [0.4, 0.5) is 5.69 Å². The number of rotatable bonds is 4. The normalized spacial score (nSPS) is 10.8. The Balaban J connectivity index is 3.02. The van der Waals surface area contributed by atoms with Crippen LogP contribution in [0.5, 0.6) is 0 Å². The molecule has 2 N–H and O–H groups in total. The first-order chi connectivity index (χ1) is 7.48. The Labute approximate surface area is 95.3 Å². The summed E-state index contributed by atoms with van der Waals surface area (Å²) in [4.78, 5) is 0. The zero-order valence-electron chi connectivity index (χ0n) is 9.11. The molecule has 0 amide bonds. The highest BCUT2D eigenvalue weighted by molar-refractivity contribution is 7.90. The van der Waals surface area contributed by atoms with Gasteiger partial charge in [-0.05, 0) is 24.6 Å². The summed E-state index contributed by atoms with van der Waals surface area (Å²) in [5.74, 6) is 0. The lowest BCUT2D eigenvalue weighted by Crippen LogP contribution is -2.30. The lowest BCUT2D eigenvalue weighted by atomic mass is 10.1. The zero-order valence-corrected chi connectivity index (χ0v) is 9.93. The molecule has 0 spiro atoms. The van der Waals surface area contributed by atoms with Crippen molar-refractivity contribution in [3.05, 3.63) is 29.3 Å². The largest absolute Gasteiger partial charge is 0.299 e. The average Bonchev–Trinajstić information content (AvgIpc) is 2.21. The molecule has 0 aliphatic carbocycles. The number of nitriles is 1. The van der Waals surface area contributed by atoms with Gasteiger partial charge in [-0.3, -0.25) is 4.72 Å². The Morgan fingerprint density at radius 2 is 2.12 bits per heavy atom. The van der Waals surface area contributed by atoms with E-state index in [2.05, 4.69) is 9.44 Å². The molecule has 0 saturated heterocycles. The van der Waals surface area contributed by atoms with Crippen molar-refractivity contribution in [1.29, 1.82) is 5.26 Å². The topological polar surface area (TPSA) is 82.0 Å². The maximum Gasteiger partial charge on any atom is 0.299 e. The molecule has 0 atom stereocenters. The van der Waals surface area contributed by atoms with E-state index >= 15 is 0 Å². The van der Waals surface area contributed by atoms with Gasteiger partial charge in [0.25, 0.3) is 10.2 Å². The van der Waals surface area contributed by atoms with Crippen LogP contribution in [0.2, 0.25) is 0 Å². The fourth-order valence-electron chi connectivity index (χ4n) is 1.17. The Morgan fingerprint density at radius 3 is 2.69 bits per heavy atom. The molecule has 0 fully saturated rings. The predicted octanol–water partition coefficient (Wildman–Crippen LogP) is 1.13. The summed E-state index contributed by atoms with van der Waals surface area (Å²) in [6.45, 7) is 3.77. The van der Waals surface area contributed by atoms with Crippen LogP contribution in [-0.4, -0.2) is 15.0 Å². The number of hydrogen-bond acceptors (Lipinski definition) is 3. The summed E-state index contributed by atoms with van der Waals surface area (Å²) >= 11 is 0. The first-order valence-electron chi connectivity index (χ1n) is 4.76. The minimum Gasteiger partial charge on any atom is -0.271 e. The van der Waals surface area contributed by atoms with Crippen LogP contribution in [0.25, 0.3) is 0 Å². The maximum atomic E-state index is 11.4. The molecule has 0 aromatic heterocycles. The van der Waals surface area contributed by atoms with Crippen LogP contribution in [0.15, 0.2) is 18.2 Å². The van der Waals surface area contributed by atoms with Gasteiger partial charge >= 0.3 is 0 Å². The predicted molar refractivity (Wildman–Crippen MR) is 62.1 cm³/mol. The van der Waals surface area contributed by atoms with Gasteiger partial charge in [0.1, 0.15) is 0 Å². The van der Waals surface area contributed by atoms with E-state index in [1.54, 1.807) is 26.0 Å². The molecule has 0 heterocycles. The monoisotopic (exact) mass is 239 g/mol. The highest BCUT2D eigenvalue weighted by Gasteiger charge is 2.09. The van der Waals surface area contributed by atoms with Gasteiger partial charge in [-0.1, -0.05) is 13.0 Å². The maximum absolute atomic E-state index is 11.4. The molecule has 16 heavy (non-hydrogen) atoms. The molecule has 1 rings (SSSR count). The lowest BCUT2D eigenvalue weighted by Gasteiger charge is -2.10. The fourth-order valence-corrected chi connectivity index (χ4v) is 2.13. The summed E-state index contributed by atoms with van der Waals surface area (Å²) in [5.41, 5.74) is 1.60. The summed E-state index contributed by atoms with van der Waals surface area (Å²) in [5, 5.41) is 8.71. The zero-order chi connectivity index (χ0) is 12.2. The van der Waals surface area contributed by atoms with Crippen molar-refractivity contribution in [1.82, 2.24) is 4.72 Å². The molecular formula is C10H13N3O2S. The van der Waals surface area contributed by atoms with Gasteiger partial charge in [0.2, 0.25) is 0 Å². The van der Waals surface area contributed by atoms with Gasteiger partial charge in [0.15, 0.2) is 0 Å². The fraction of sp³-hybridized carbons (Fsp3) is 0.300. The van der Waals surface area contributed by atoms with E-state index in [9.17, 15) is 8.42 Å². The van der Waals surface area contributed by atoms with E-state index in [4.69, 9.17) is 5.26 Å². The molecule has 6 heteroatoms. The van der Waals surface area contributed by atoms with Crippen LogP contribution < -0.4 is 9.44 Å². The van der Waals surface area contributed by atoms with Gasteiger partial charge in [-0.25, -0.2) is 0 Å². The molecule has 5 nitrogen and oxygen atoms in total. The summed E-state index contributed by atoms with van der Waals surface area (Å²) < 4.78 is 27.6. The second kappa shape index (κ2) is 4.96. The van der Waals surface area contributed by atoms with E-state index in [0.717, 1.165) is 5.56 Å². The molecule has 0 aliphatic heterocycles. The van der Waals surface area contributed by atoms with E-state index in [-0.39, 0.29) is 0 Å². The van der Waals surface area contributed by atoms with Crippen LogP contribution in [0.3, 0.4) is 0 Å². The van der Waals surface area contributed by atoms with Crippen LogP contribution in [-0.2, 0) is 10.2 Å².